The van der Waals surface area contributed by atoms with E-state index in [0.717, 1.165) is 11.7 Å². The summed E-state index contributed by atoms with van der Waals surface area (Å²) in [5.74, 6) is -1.85. The van der Waals surface area contributed by atoms with Crippen molar-refractivity contribution >= 4 is 33.0 Å². The summed E-state index contributed by atoms with van der Waals surface area (Å²) in [4.78, 5) is 14.3. The van der Waals surface area contributed by atoms with Crippen molar-refractivity contribution in [3.63, 3.8) is 0 Å². The molecule has 1 fully saturated rings. The quantitative estimate of drug-likeness (QED) is 0.673. The summed E-state index contributed by atoms with van der Waals surface area (Å²) in [6.07, 6.45) is 2.35. The molecule has 1 N–H and O–H groups in total. The van der Waals surface area contributed by atoms with Gasteiger partial charge in [0.25, 0.3) is 5.91 Å². The van der Waals surface area contributed by atoms with Crippen LogP contribution in [0.1, 0.15) is 28.9 Å². The Balaban J connectivity index is 1.81. The number of sulfone groups is 1. The van der Waals surface area contributed by atoms with Crippen molar-refractivity contribution in [1.82, 2.24) is 5.32 Å². The summed E-state index contributed by atoms with van der Waals surface area (Å²) in [7, 11) is -3.33. The van der Waals surface area contributed by atoms with E-state index in [1.54, 1.807) is 19.1 Å². The molecular weight excluding hydrogens is 462 g/mol. The lowest BCUT2D eigenvalue weighted by molar-refractivity contribution is 0.0935. The number of amides is 1. The second-order valence-electron chi connectivity index (χ2n) is 7.53. The number of nitrogens with zero attached hydrogens (tertiary/aromatic N) is 1. The topological polar surface area (TPSA) is 75.7 Å². The SMILES string of the molecule is C[C@H](/C=C/S(C)(=O)=O)NC(=O)c1ccc(N2CCOC[C@@H]2c2ccc(F)cc2Cl)cc1F. The molecule has 1 aliphatic rings. The van der Waals surface area contributed by atoms with Gasteiger partial charge >= 0.3 is 0 Å². The zero-order valence-corrected chi connectivity index (χ0v) is 19.1. The van der Waals surface area contributed by atoms with Crippen LogP contribution in [0.2, 0.25) is 5.02 Å². The van der Waals surface area contributed by atoms with Crippen LogP contribution in [-0.4, -0.2) is 46.4 Å². The van der Waals surface area contributed by atoms with Gasteiger partial charge in [-0.3, -0.25) is 4.79 Å². The van der Waals surface area contributed by atoms with Gasteiger partial charge in [0.1, 0.15) is 11.6 Å². The number of carbonyl (C=O) groups is 1. The fourth-order valence-electron chi connectivity index (χ4n) is 3.40. The zero-order valence-electron chi connectivity index (χ0n) is 17.5. The van der Waals surface area contributed by atoms with Crippen LogP contribution >= 0.6 is 11.6 Å². The van der Waals surface area contributed by atoms with E-state index < -0.39 is 33.4 Å². The van der Waals surface area contributed by atoms with Crippen LogP contribution in [-0.2, 0) is 14.6 Å². The number of benzene rings is 2. The molecule has 0 unspecified atom stereocenters. The highest BCUT2D eigenvalue weighted by molar-refractivity contribution is 7.93. The average Bonchev–Trinajstić information content (AvgIpc) is 2.72. The highest BCUT2D eigenvalue weighted by Gasteiger charge is 2.28. The third-order valence-corrected chi connectivity index (χ3v) is 5.93. The Morgan fingerprint density at radius 2 is 2.03 bits per heavy atom. The predicted molar refractivity (Wildman–Crippen MR) is 120 cm³/mol. The first-order valence-corrected chi connectivity index (χ1v) is 12.2. The number of anilines is 1. The van der Waals surface area contributed by atoms with Gasteiger partial charge in [-0.05, 0) is 42.8 Å². The Kier molecular flexibility index (Phi) is 7.53. The minimum absolute atomic E-state index is 0.169. The Labute approximate surface area is 190 Å². The minimum atomic E-state index is -3.33. The number of morpholine rings is 1. The van der Waals surface area contributed by atoms with E-state index >= 15 is 0 Å². The monoisotopic (exact) mass is 484 g/mol. The number of nitrogens with one attached hydrogen (secondary N) is 1. The van der Waals surface area contributed by atoms with Crippen LogP contribution in [0, 0.1) is 11.6 Å². The zero-order chi connectivity index (χ0) is 23.5. The molecule has 0 aliphatic carbocycles. The van der Waals surface area contributed by atoms with E-state index in [2.05, 4.69) is 5.32 Å². The molecule has 1 heterocycles. The van der Waals surface area contributed by atoms with Crippen LogP contribution in [0.4, 0.5) is 14.5 Å². The Bertz CT molecular complexity index is 1140. The number of halogens is 3. The number of hydrogen-bond donors (Lipinski definition) is 1. The maximum absolute atomic E-state index is 14.8. The fraction of sp³-hybridized carbons (Fsp3) is 0.318. The normalized spacial score (nSPS) is 18.0. The smallest absolute Gasteiger partial charge is 0.254 e. The van der Waals surface area contributed by atoms with Crippen LogP contribution in [0.15, 0.2) is 47.9 Å². The third-order valence-electron chi connectivity index (χ3n) is 4.95. The predicted octanol–water partition coefficient (Wildman–Crippen LogP) is 3.87. The first kappa shape index (κ1) is 24.2. The van der Waals surface area contributed by atoms with Gasteiger partial charge in [-0.1, -0.05) is 23.7 Å². The lowest BCUT2D eigenvalue weighted by atomic mass is 10.0. The van der Waals surface area contributed by atoms with E-state index in [1.807, 2.05) is 4.90 Å². The van der Waals surface area contributed by atoms with Crippen molar-refractivity contribution in [3.8, 4) is 0 Å². The van der Waals surface area contributed by atoms with Gasteiger partial charge < -0.3 is 15.0 Å². The van der Waals surface area contributed by atoms with Gasteiger partial charge in [0.2, 0.25) is 0 Å². The highest BCUT2D eigenvalue weighted by Crippen LogP contribution is 2.34. The summed E-state index contributed by atoms with van der Waals surface area (Å²) < 4.78 is 56.2. The first-order chi connectivity index (χ1) is 15.0. The highest BCUT2D eigenvalue weighted by atomic mass is 35.5. The van der Waals surface area contributed by atoms with Crippen LogP contribution in [0.25, 0.3) is 0 Å². The Morgan fingerprint density at radius 1 is 1.28 bits per heavy atom. The summed E-state index contributed by atoms with van der Waals surface area (Å²) in [6.45, 7) is 2.75. The number of carbonyl (C=O) groups excluding carboxylic acids is 1. The van der Waals surface area contributed by atoms with Crippen LogP contribution in [0.5, 0.6) is 0 Å². The standard InChI is InChI=1S/C22H23ClF2N2O4S/c1-14(7-10-32(2,29)30)26-22(28)18-6-4-16(12-20(18)25)27-8-9-31-13-21(27)17-5-3-15(24)11-19(17)23/h3-7,10-12,14,21H,8-9,13H2,1-2H3,(H,26,28)/b10-7+/t14-,21-/m1/s1. The van der Waals surface area contributed by atoms with E-state index in [9.17, 15) is 22.0 Å². The second kappa shape index (κ2) is 9.97. The molecule has 2 atom stereocenters. The lowest BCUT2D eigenvalue weighted by Crippen LogP contribution is -2.40. The van der Waals surface area contributed by atoms with Crippen molar-refractivity contribution in [2.75, 3.05) is 30.9 Å². The van der Waals surface area contributed by atoms with E-state index in [-0.39, 0.29) is 16.6 Å². The molecule has 2 aromatic carbocycles. The van der Waals surface area contributed by atoms with Gasteiger partial charge in [0.05, 0.1) is 24.8 Å². The van der Waals surface area contributed by atoms with Gasteiger partial charge in [0, 0.05) is 35.0 Å². The van der Waals surface area contributed by atoms with Gasteiger partial charge in [-0.2, -0.15) is 0 Å². The molecule has 0 saturated carbocycles. The van der Waals surface area contributed by atoms with Crippen molar-refractivity contribution in [2.45, 2.75) is 19.0 Å². The van der Waals surface area contributed by atoms with Crippen molar-refractivity contribution in [1.29, 1.82) is 0 Å². The molecule has 1 amide bonds. The van der Waals surface area contributed by atoms with Gasteiger partial charge in [-0.15, -0.1) is 0 Å². The maximum atomic E-state index is 14.8. The summed E-state index contributed by atoms with van der Waals surface area (Å²) in [5, 5.41) is 3.77. The van der Waals surface area contributed by atoms with Crippen molar-refractivity contribution in [3.05, 3.63) is 75.7 Å². The molecular formula is C22H23ClF2N2O4S. The third kappa shape index (κ3) is 6.05. The largest absolute Gasteiger partial charge is 0.377 e. The first-order valence-electron chi connectivity index (χ1n) is 9.83. The molecule has 1 saturated heterocycles. The van der Waals surface area contributed by atoms with Crippen molar-refractivity contribution in [2.24, 2.45) is 0 Å². The molecule has 0 aromatic heterocycles. The Morgan fingerprint density at radius 3 is 2.69 bits per heavy atom. The molecule has 3 rings (SSSR count). The summed E-state index contributed by atoms with van der Waals surface area (Å²) in [5.41, 5.74) is 1.01. The average molecular weight is 485 g/mol. The summed E-state index contributed by atoms with van der Waals surface area (Å²) in [6, 6.07) is 7.38. The fourth-order valence-corrected chi connectivity index (χ4v) is 4.22. The molecule has 0 radical (unpaired) electrons. The number of ether oxygens (including phenoxy) is 1. The van der Waals surface area contributed by atoms with E-state index in [0.29, 0.717) is 31.0 Å². The molecule has 1 aliphatic heterocycles. The van der Waals surface area contributed by atoms with E-state index in [1.165, 1.54) is 30.3 Å². The van der Waals surface area contributed by atoms with Crippen molar-refractivity contribution < 1.29 is 26.7 Å². The molecule has 2 aromatic rings. The maximum Gasteiger partial charge on any atom is 0.254 e. The molecule has 6 nitrogen and oxygen atoms in total. The van der Waals surface area contributed by atoms with Gasteiger partial charge in [0.15, 0.2) is 9.84 Å². The summed E-state index contributed by atoms with van der Waals surface area (Å²) >= 11 is 6.22. The van der Waals surface area contributed by atoms with Crippen LogP contribution < -0.4 is 10.2 Å². The van der Waals surface area contributed by atoms with E-state index in [4.69, 9.17) is 16.3 Å². The van der Waals surface area contributed by atoms with Gasteiger partial charge in [-0.25, -0.2) is 17.2 Å². The minimum Gasteiger partial charge on any atom is -0.377 e. The molecule has 32 heavy (non-hydrogen) atoms. The lowest BCUT2D eigenvalue weighted by Gasteiger charge is -2.38. The molecule has 172 valence electrons. The Hall–Kier alpha value is -2.49. The molecule has 10 heteroatoms. The van der Waals surface area contributed by atoms with Crippen LogP contribution in [0.3, 0.4) is 0 Å². The molecule has 0 spiro atoms. The second-order valence-corrected chi connectivity index (χ2v) is 9.87. The number of hydrogen-bond acceptors (Lipinski definition) is 5. The molecule has 0 bridgehead atoms. The number of rotatable bonds is 6.